The van der Waals surface area contributed by atoms with E-state index in [9.17, 15) is 4.39 Å². The van der Waals surface area contributed by atoms with Crippen molar-refractivity contribution in [3.8, 4) is 0 Å². The third-order valence-corrected chi connectivity index (χ3v) is 5.61. The Balaban J connectivity index is 2.31. The number of unbranched alkanes of at least 4 members (excludes halogenated alkanes) is 7. The van der Waals surface area contributed by atoms with Crippen LogP contribution in [0.5, 0.6) is 0 Å². The number of halogens is 1. The molecular formula is C21H43FN2. The Kier molecular flexibility index (Phi) is 13.8. The van der Waals surface area contributed by atoms with E-state index in [4.69, 9.17) is 0 Å². The summed E-state index contributed by atoms with van der Waals surface area (Å²) in [6.07, 6.45) is 17.6. The van der Waals surface area contributed by atoms with Gasteiger partial charge in [-0.1, -0.05) is 71.6 Å². The van der Waals surface area contributed by atoms with Crippen LogP contribution in [0, 0.1) is 0 Å². The Hall–Kier alpha value is -0.150. The third-order valence-electron chi connectivity index (χ3n) is 5.61. The summed E-state index contributed by atoms with van der Waals surface area (Å²) >= 11 is 0. The van der Waals surface area contributed by atoms with Crippen LogP contribution in [0.4, 0.5) is 4.39 Å². The summed E-state index contributed by atoms with van der Waals surface area (Å²) in [5.41, 5.74) is 0. The van der Waals surface area contributed by atoms with Crippen LogP contribution < -0.4 is 5.32 Å². The average molecular weight is 343 g/mol. The molecule has 1 heterocycles. The van der Waals surface area contributed by atoms with Crippen molar-refractivity contribution in [2.24, 2.45) is 0 Å². The normalized spacial score (nSPS) is 18.1. The average Bonchev–Trinajstić information content (AvgIpc) is 2.62. The Morgan fingerprint density at radius 1 is 0.875 bits per heavy atom. The first-order valence-electron chi connectivity index (χ1n) is 10.8. The lowest BCUT2D eigenvalue weighted by Crippen LogP contribution is -2.47. The third kappa shape index (κ3) is 9.98. The van der Waals surface area contributed by atoms with Gasteiger partial charge < -0.3 is 10.2 Å². The summed E-state index contributed by atoms with van der Waals surface area (Å²) < 4.78 is 12.3. The molecule has 1 N–H and O–H groups in total. The van der Waals surface area contributed by atoms with Gasteiger partial charge in [-0.05, 0) is 38.8 Å². The molecule has 0 spiro atoms. The van der Waals surface area contributed by atoms with Crippen LogP contribution in [-0.4, -0.2) is 43.3 Å². The maximum absolute atomic E-state index is 12.3. The predicted octanol–water partition coefficient (Wildman–Crippen LogP) is 5.71. The Bertz CT molecular complexity index is 265. The molecule has 1 atom stereocenters. The minimum absolute atomic E-state index is 0.238. The van der Waals surface area contributed by atoms with E-state index in [1.54, 1.807) is 0 Å². The van der Waals surface area contributed by atoms with Crippen LogP contribution in [0.15, 0.2) is 0 Å². The number of likely N-dealkylation sites (tertiary alicyclic amines) is 1. The van der Waals surface area contributed by atoms with Crippen molar-refractivity contribution in [3.05, 3.63) is 0 Å². The highest BCUT2D eigenvalue weighted by Gasteiger charge is 2.24. The van der Waals surface area contributed by atoms with Crippen molar-refractivity contribution in [2.75, 3.05) is 26.3 Å². The predicted molar refractivity (Wildman–Crippen MR) is 104 cm³/mol. The molecule has 1 fully saturated rings. The van der Waals surface area contributed by atoms with E-state index in [1.165, 1.54) is 96.6 Å². The zero-order valence-electron chi connectivity index (χ0n) is 16.5. The Morgan fingerprint density at radius 2 is 1.42 bits per heavy atom. The molecule has 0 saturated carbocycles. The van der Waals surface area contributed by atoms with Crippen molar-refractivity contribution in [3.63, 3.8) is 0 Å². The highest BCUT2D eigenvalue weighted by atomic mass is 19.1. The largest absolute Gasteiger partial charge is 0.311 e. The molecule has 1 aliphatic heterocycles. The number of nitrogens with zero attached hydrogens (tertiary/aromatic N) is 1. The molecule has 1 unspecified atom stereocenters. The van der Waals surface area contributed by atoms with Crippen LogP contribution in [-0.2, 0) is 0 Å². The number of piperidine rings is 1. The highest BCUT2D eigenvalue weighted by molar-refractivity contribution is 4.82. The van der Waals surface area contributed by atoms with E-state index < -0.39 is 0 Å². The molecule has 24 heavy (non-hydrogen) atoms. The maximum Gasteiger partial charge on any atom is 0.102 e. The topological polar surface area (TPSA) is 15.3 Å². The van der Waals surface area contributed by atoms with Gasteiger partial charge in [0.05, 0.1) is 0 Å². The molecule has 0 radical (unpaired) electrons. The fraction of sp³-hybridized carbons (Fsp3) is 1.00. The van der Waals surface area contributed by atoms with Crippen LogP contribution in [0.2, 0.25) is 0 Å². The number of alkyl halides is 1. The van der Waals surface area contributed by atoms with Gasteiger partial charge in [0, 0.05) is 18.6 Å². The van der Waals surface area contributed by atoms with Crippen molar-refractivity contribution in [2.45, 2.75) is 109 Å². The number of hydrogen-bond donors (Lipinski definition) is 1. The van der Waals surface area contributed by atoms with Gasteiger partial charge in [0.2, 0.25) is 0 Å². The van der Waals surface area contributed by atoms with Gasteiger partial charge in [0.25, 0.3) is 0 Å². The highest BCUT2D eigenvalue weighted by Crippen LogP contribution is 2.22. The van der Waals surface area contributed by atoms with Crippen LogP contribution in [0.3, 0.4) is 0 Å². The number of rotatable bonds is 15. The molecule has 1 saturated heterocycles. The Labute approximate surface area is 151 Å². The summed E-state index contributed by atoms with van der Waals surface area (Å²) in [4.78, 5) is 2.75. The van der Waals surface area contributed by atoms with Crippen LogP contribution in [0.25, 0.3) is 0 Å². The van der Waals surface area contributed by atoms with Crippen LogP contribution in [0.1, 0.15) is 97.3 Å². The molecule has 0 aromatic rings. The fourth-order valence-electron chi connectivity index (χ4n) is 4.03. The molecular weight excluding hydrogens is 299 g/mol. The van der Waals surface area contributed by atoms with Gasteiger partial charge in [0.15, 0.2) is 0 Å². The van der Waals surface area contributed by atoms with Gasteiger partial charge in [-0.15, -0.1) is 0 Å². The lowest BCUT2D eigenvalue weighted by molar-refractivity contribution is 0.125. The van der Waals surface area contributed by atoms with E-state index in [2.05, 4.69) is 24.1 Å². The lowest BCUT2D eigenvalue weighted by Gasteiger charge is -2.38. The first-order valence-corrected chi connectivity index (χ1v) is 10.8. The maximum atomic E-state index is 12.3. The number of nitrogens with one attached hydrogen (secondary N) is 1. The molecule has 144 valence electrons. The minimum Gasteiger partial charge on any atom is -0.311 e. The standard InChI is InChI=1S/C21H43FN2/c1-3-5-7-9-11-13-21(12-10-8-6-4-2)24-18-14-20(15-19-24)23-17-16-22/h20-21,23H,3-19H2,1-2H3. The minimum atomic E-state index is -0.238. The lowest BCUT2D eigenvalue weighted by atomic mass is 9.96. The first-order chi connectivity index (χ1) is 11.8. The summed E-state index contributed by atoms with van der Waals surface area (Å²) in [5.74, 6) is 0. The monoisotopic (exact) mass is 342 g/mol. The summed E-state index contributed by atoms with van der Waals surface area (Å²) in [6, 6.07) is 1.34. The number of hydrogen-bond acceptors (Lipinski definition) is 2. The summed E-state index contributed by atoms with van der Waals surface area (Å²) in [7, 11) is 0. The first kappa shape index (κ1) is 21.9. The molecule has 0 aromatic heterocycles. The molecule has 0 bridgehead atoms. The second-order valence-electron chi connectivity index (χ2n) is 7.66. The smallest absolute Gasteiger partial charge is 0.102 e. The van der Waals surface area contributed by atoms with Crippen molar-refractivity contribution in [1.29, 1.82) is 0 Å². The van der Waals surface area contributed by atoms with E-state index in [1.807, 2.05) is 0 Å². The molecule has 1 rings (SSSR count). The van der Waals surface area contributed by atoms with Crippen molar-refractivity contribution in [1.82, 2.24) is 10.2 Å². The quantitative estimate of drug-likeness (QED) is 0.383. The van der Waals surface area contributed by atoms with Crippen LogP contribution >= 0.6 is 0 Å². The molecule has 2 nitrogen and oxygen atoms in total. The molecule has 0 aliphatic carbocycles. The SMILES string of the molecule is CCCCCCCC(CCCCCC)N1CCC(NCCF)CC1. The second kappa shape index (κ2) is 15.1. The Morgan fingerprint density at radius 3 is 1.96 bits per heavy atom. The second-order valence-corrected chi connectivity index (χ2v) is 7.66. The van der Waals surface area contributed by atoms with E-state index in [-0.39, 0.29) is 6.67 Å². The van der Waals surface area contributed by atoms with Crippen molar-refractivity contribution >= 4 is 0 Å². The fourth-order valence-corrected chi connectivity index (χ4v) is 4.03. The van der Waals surface area contributed by atoms with Crippen molar-refractivity contribution < 1.29 is 4.39 Å². The molecule has 3 heteroatoms. The van der Waals surface area contributed by atoms with Gasteiger partial charge in [-0.3, -0.25) is 0 Å². The summed E-state index contributed by atoms with van der Waals surface area (Å²) in [5, 5.41) is 3.36. The summed E-state index contributed by atoms with van der Waals surface area (Å²) in [6.45, 7) is 7.29. The zero-order valence-corrected chi connectivity index (χ0v) is 16.5. The molecule has 1 aliphatic rings. The zero-order chi connectivity index (χ0) is 17.5. The van der Waals surface area contributed by atoms with Gasteiger partial charge in [0.1, 0.15) is 6.67 Å². The molecule has 0 amide bonds. The van der Waals surface area contributed by atoms with Gasteiger partial charge >= 0.3 is 0 Å². The van der Waals surface area contributed by atoms with E-state index in [0.717, 1.165) is 6.04 Å². The molecule has 0 aromatic carbocycles. The van der Waals surface area contributed by atoms with Gasteiger partial charge in [-0.25, -0.2) is 4.39 Å². The van der Waals surface area contributed by atoms with E-state index >= 15 is 0 Å². The van der Waals surface area contributed by atoms with Gasteiger partial charge in [-0.2, -0.15) is 0 Å². The van der Waals surface area contributed by atoms with E-state index in [0.29, 0.717) is 12.6 Å².